The van der Waals surface area contributed by atoms with Gasteiger partial charge < -0.3 is 10.2 Å². The van der Waals surface area contributed by atoms with E-state index in [2.05, 4.69) is 15.5 Å². The third-order valence-corrected chi connectivity index (χ3v) is 4.88. The summed E-state index contributed by atoms with van der Waals surface area (Å²) in [6, 6.07) is 11.4. The molecule has 2 aromatic heterocycles. The van der Waals surface area contributed by atoms with Gasteiger partial charge in [-0.2, -0.15) is 0 Å². The molecule has 3 rings (SSSR count). The van der Waals surface area contributed by atoms with Crippen LogP contribution in [0.2, 0.25) is 0 Å². The zero-order valence-corrected chi connectivity index (χ0v) is 16.2. The zero-order chi connectivity index (χ0) is 19.9. The van der Waals surface area contributed by atoms with E-state index in [4.69, 9.17) is 10.2 Å². The van der Waals surface area contributed by atoms with Crippen LogP contribution in [0.1, 0.15) is 30.8 Å². The quantitative estimate of drug-likeness (QED) is 0.602. The Bertz CT molecular complexity index is 911. The van der Waals surface area contributed by atoms with Crippen molar-refractivity contribution in [3.63, 3.8) is 0 Å². The number of benzene rings is 1. The Labute approximate surface area is 166 Å². The number of nitrogens with two attached hydrogens (primary N) is 1. The van der Waals surface area contributed by atoms with Gasteiger partial charge in [0, 0.05) is 0 Å². The van der Waals surface area contributed by atoms with E-state index in [0.29, 0.717) is 18.3 Å². The number of primary amides is 1. The average molecular weight is 399 g/mol. The van der Waals surface area contributed by atoms with Crippen LogP contribution in [-0.2, 0) is 11.3 Å². The number of urea groups is 1. The summed E-state index contributed by atoms with van der Waals surface area (Å²) in [5.41, 5.74) is 5.91. The van der Waals surface area contributed by atoms with E-state index >= 15 is 0 Å². The lowest BCUT2D eigenvalue weighted by Gasteiger charge is -2.29. The average Bonchev–Trinajstić information content (AvgIpc) is 3.34. The summed E-state index contributed by atoms with van der Waals surface area (Å²) in [4.78, 5) is 26.8. The van der Waals surface area contributed by atoms with Crippen LogP contribution < -0.4 is 11.1 Å². The minimum Gasteiger partial charge on any atom is -0.419 e. The molecule has 146 valence electrons. The van der Waals surface area contributed by atoms with Crippen molar-refractivity contribution in [1.82, 2.24) is 20.4 Å². The van der Waals surface area contributed by atoms with Gasteiger partial charge >= 0.3 is 6.03 Å². The molecule has 0 radical (unpaired) electrons. The Morgan fingerprint density at radius 1 is 1.21 bits per heavy atom. The van der Waals surface area contributed by atoms with Crippen molar-refractivity contribution in [2.45, 2.75) is 25.9 Å². The number of amides is 3. The van der Waals surface area contributed by atoms with Crippen LogP contribution in [0.4, 0.5) is 4.79 Å². The van der Waals surface area contributed by atoms with Crippen LogP contribution in [-0.4, -0.2) is 33.6 Å². The third kappa shape index (κ3) is 4.81. The van der Waals surface area contributed by atoms with Crippen molar-refractivity contribution in [2.24, 2.45) is 5.73 Å². The number of rotatable bonds is 8. The van der Waals surface area contributed by atoms with E-state index in [0.717, 1.165) is 16.9 Å². The molecule has 0 fully saturated rings. The molecule has 0 aliphatic rings. The molecule has 3 N–H and O–H groups in total. The fourth-order valence-corrected chi connectivity index (χ4v) is 3.58. The minimum absolute atomic E-state index is 0.262. The van der Waals surface area contributed by atoms with Gasteiger partial charge in [-0.15, -0.1) is 21.5 Å². The van der Waals surface area contributed by atoms with Gasteiger partial charge in [-0.05, 0) is 30.0 Å². The smallest absolute Gasteiger partial charge is 0.318 e. The van der Waals surface area contributed by atoms with Gasteiger partial charge in [0.15, 0.2) is 0 Å². The lowest BCUT2D eigenvalue weighted by molar-refractivity contribution is -0.126. The standard InChI is InChI=1S/C19H21N5O3S/c1-2-10-24(12-15-22-23-18(27-15)14-9-6-11-28-14)16(17(25)21-19(20)26)13-7-4-3-5-8-13/h3-9,11,16H,2,10,12H2,1H3,(H3,20,21,25,26)/t16-/m0/s1. The maximum atomic E-state index is 12.7. The van der Waals surface area contributed by atoms with Crippen molar-refractivity contribution < 1.29 is 14.0 Å². The second-order valence-electron chi connectivity index (χ2n) is 6.12. The number of nitrogens with zero attached hydrogens (tertiary/aromatic N) is 3. The molecule has 0 spiro atoms. The first kappa shape index (κ1) is 19.7. The first-order valence-electron chi connectivity index (χ1n) is 8.84. The molecule has 0 aliphatic carbocycles. The number of hydrogen-bond donors (Lipinski definition) is 2. The van der Waals surface area contributed by atoms with Gasteiger partial charge in [-0.3, -0.25) is 15.0 Å². The van der Waals surface area contributed by atoms with Crippen molar-refractivity contribution in [2.75, 3.05) is 6.54 Å². The predicted molar refractivity (Wildman–Crippen MR) is 105 cm³/mol. The minimum atomic E-state index is -0.889. The fraction of sp³-hybridized carbons (Fsp3) is 0.263. The molecule has 0 saturated heterocycles. The normalized spacial score (nSPS) is 12.1. The van der Waals surface area contributed by atoms with Gasteiger partial charge in [-0.25, -0.2) is 4.79 Å². The molecule has 0 bridgehead atoms. The van der Waals surface area contributed by atoms with Crippen LogP contribution in [0, 0.1) is 0 Å². The number of thiophene rings is 1. The molecule has 0 aliphatic heterocycles. The van der Waals surface area contributed by atoms with Gasteiger partial charge in [0.25, 0.3) is 5.89 Å². The summed E-state index contributed by atoms with van der Waals surface area (Å²) in [5, 5.41) is 12.3. The van der Waals surface area contributed by atoms with Crippen molar-refractivity contribution in [1.29, 1.82) is 0 Å². The van der Waals surface area contributed by atoms with Crippen molar-refractivity contribution in [3.05, 3.63) is 59.3 Å². The Morgan fingerprint density at radius 2 is 2.00 bits per heavy atom. The topological polar surface area (TPSA) is 114 Å². The van der Waals surface area contributed by atoms with E-state index in [9.17, 15) is 9.59 Å². The first-order chi connectivity index (χ1) is 13.6. The summed E-state index contributed by atoms with van der Waals surface area (Å²) < 4.78 is 5.77. The summed E-state index contributed by atoms with van der Waals surface area (Å²) in [6.07, 6.45) is 0.791. The molecular weight excluding hydrogens is 378 g/mol. The number of hydrogen-bond acceptors (Lipinski definition) is 7. The summed E-state index contributed by atoms with van der Waals surface area (Å²) in [6.45, 7) is 2.85. The molecule has 1 aromatic carbocycles. The predicted octanol–water partition coefficient (Wildman–Crippen LogP) is 2.95. The van der Waals surface area contributed by atoms with Crippen LogP contribution in [0.25, 0.3) is 10.8 Å². The molecule has 9 heteroatoms. The van der Waals surface area contributed by atoms with E-state index < -0.39 is 18.0 Å². The Balaban J connectivity index is 1.88. The van der Waals surface area contributed by atoms with Gasteiger partial charge in [0.1, 0.15) is 6.04 Å². The Morgan fingerprint density at radius 3 is 2.64 bits per heavy atom. The van der Waals surface area contributed by atoms with E-state index in [-0.39, 0.29) is 6.54 Å². The summed E-state index contributed by atoms with van der Waals surface area (Å²) in [5.74, 6) is 0.342. The molecule has 3 aromatic rings. The highest BCUT2D eigenvalue weighted by atomic mass is 32.1. The van der Waals surface area contributed by atoms with Crippen molar-refractivity contribution in [3.8, 4) is 10.8 Å². The molecule has 2 heterocycles. The highest BCUT2D eigenvalue weighted by Gasteiger charge is 2.29. The summed E-state index contributed by atoms with van der Waals surface area (Å²) in [7, 11) is 0. The largest absolute Gasteiger partial charge is 0.419 e. The van der Waals surface area contributed by atoms with Crippen molar-refractivity contribution >= 4 is 23.3 Å². The molecule has 8 nitrogen and oxygen atoms in total. The van der Waals surface area contributed by atoms with E-state index in [1.54, 1.807) is 0 Å². The molecule has 0 saturated carbocycles. The van der Waals surface area contributed by atoms with Crippen LogP contribution in [0.15, 0.2) is 52.3 Å². The number of nitrogens with one attached hydrogen (secondary N) is 1. The van der Waals surface area contributed by atoms with E-state index in [1.807, 2.05) is 59.7 Å². The highest BCUT2D eigenvalue weighted by Crippen LogP contribution is 2.26. The number of carbonyl (C=O) groups is 2. The number of carbonyl (C=O) groups excluding carboxylic acids is 2. The van der Waals surface area contributed by atoms with Gasteiger partial charge in [-0.1, -0.05) is 43.3 Å². The second-order valence-corrected chi connectivity index (χ2v) is 7.06. The van der Waals surface area contributed by atoms with E-state index in [1.165, 1.54) is 11.3 Å². The highest BCUT2D eigenvalue weighted by molar-refractivity contribution is 7.13. The van der Waals surface area contributed by atoms with Crippen LogP contribution >= 0.6 is 11.3 Å². The van der Waals surface area contributed by atoms with Gasteiger partial charge in [0.05, 0.1) is 11.4 Å². The van der Waals surface area contributed by atoms with Crippen LogP contribution in [0.5, 0.6) is 0 Å². The Hall–Kier alpha value is -3.04. The molecule has 3 amide bonds. The maximum absolute atomic E-state index is 12.7. The fourth-order valence-electron chi connectivity index (χ4n) is 2.93. The molecule has 1 atom stereocenters. The maximum Gasteiger partial charge on any atom is 0.318 e. The molecule has 0 unspecified atom stereocenters. The number of imide groups is 1. The first-order valence-corrected chi connectivity index (χ1v) is 9.72. The third-order valence-electron chi connectivity index (χ3n) is 4.02. The molecular formula is C19H21N5O3S. The van der Waals surface area contributed by atoms with Crippen LogP contribution in [0.3, 0.4) is 0 Å². The lowest BCUT2D eigenvalue weighted by Crippen LogP contribution is -2.44. The molecule has 28 heavy (non-hydrogen) atoms. The SMILES string of the molecule is CCCN(Cc1nnc(-c2cccs2)o1)[C@H](C(=O)NC(N)=O)c1ccccc1. The lowest BCUT2D eigenvalue weighted by atomic mass is 10.0. The number of aromatic nitrogens is 2. The summed E-state index contributed by atoms with van der Waals surface area (Å²) >= 11 is 1.51. The second kappa shape index (κ2) is 9.25. The zero-order valence-electron chi connectivity index (χ0n) is 15.4. The monoisotopic (exact) mass is 399 g/mol. The Kier molecular flexibility index (Phi) is 6.51. The van der Waals surface area contributed by atoms with Gasteiger partial charge in [0.2, 0.25) is 11.8 Å².